The molecule has 3 heterocycles. The zero-order valence-electron chi connectivity index (χ0n) is 6.99. The fraction of sp³-hybridized carbons (Fsp3) is 0.667. The van der Waals surface area contributed by atoms with Crippen molar-refractivity contribution in [3.63, 3.8) is 0 Å². The average Bonchev–Trinajstić information content (AvgIpc) is 2.85. The summed E-state index contributed by atoms with van der Waals surface area (Å²) >= 11 is 0. The van der Waals surface area contributed by atoms with Gasteiger partial charge in [-0.2, -0.15) is 0 Å². The second kappa shape index (κ2) is 2.33. The normalized spacial score (nSPS) is 26.8. The SMILES string of the molecule is c1c(C2CO2)nc2n1CCCC2. The van der Waals surface area contributed by atoms with Crippen LogP contribution in [0.1, 0.15) is 30.5 Å². The molecule has 0 aliphatic carbocycles. The van der Waals surface area contributed by atoms with Crippen molar-refractivity contribution in [2.75, 3.05) is 6.61 Å². The maximum atomic E-state index is 5.20. The zero-order valence-corrected chi connectivity index (χ0v) is 6.99. The summed E-state index contributed by atoms with van der Waals surface area (Å²) in [5.74, 6) is 1.26. The van der Waals surface area contributed by atoms with Crippen LogP contribution < -0.4 is 0 Å². The number of aryl methyl sites for hydroxylation is 2. The quantitative estimate of drug-likeness (QED) is 0.585. The van der Waals surface area contributed by atoms with Crippen molar-refractivity contribution in [1.29, 1.82) is 0 Å². The molecule has 3 nitrogen and oxygen atoms in total. The molecule has 0 amide bonds. The van der Waals surface area contributed by atoms with E-state index in [1.807, 2.05) is 0 Å². The van der Waals surface area contributed by atoms with E-state index in [9.17, 15) is 0 Å². The minimum absolute atomic E-state index is 0.322. The Morgan fingerprint density at radius 3 is 3.17 bits per heavy atom. The van der Waals surface area contributed by atoms with Crippen molar-refractivity contribution in [1.82, 2.24) is 9.55 Å². The molecule has 0 aromatic carbocycles. The first-order chi connectivity index (χ1) is 5.93. The van der Waals surface area contributed by atoms with Crippen LogP contribution in [0, 0.1) is 0 Å². The van der Waals surface area contributed by atoms with Gasteiger partial charge in [-0.05, 0) is 12.8 Å². The van der Waals surface area contributed by atoms with Gasteiger partial charge in [0.05, 0.1) is 12.3 Å². The molecule has 0 radical (unpaired) electrons. The van der Waals surface area contributed by atoms with Crippen LogP contribution in [0.5, 0.6) is 0 Å². The van der Waals surface area contributed by atoms with Crippen molar-refractivity contribution in [2.45, 2.75) is 31.9 Å². The fourth-order valence-corrected chi connectivity index (χ4v) is 1.81. The number of hydrogen-bond acceptors (Lipinski definition) is 2. The van der Waals surface area contributed by atoms with Crippen LogP contribution in [0.15, 0.2) is 6.20 Å². The summed E-state index contributed by atoms with van der Waals surface area (Å²) in [5.41, 5.74) is 1.15. The largest absolute Gasteiger partial charge is 0.366 e. The lowest BCUT2D eigenvalue weighted by Gasteiger charge is -2.11. The molecule has 64 valence electrons. The van der Waals surface area contributed by atoms with Crippen LogP contribution in [0.2, 0.25) is 0 Å². The second-order valence-electron chi connectivity index (χ2n) is 3.55. The third kappa shape index (κ3) is 0.966. The molecule has 0 saturated carbocycles. The molecule has 1 saturated heterocycles. The van der Waals surface area contributed by atoms with Crippen LogP contribution in [-0.4, -0.2) is 16.2 Å². The maximum Gasteiger partial charge on any atom is 0.124 e. The molecule has 1 aromatic rings. The summed E-state index contributed by atoms with van der Waals surface area (Å²) < 4.78 is 7.47. The molecular weight excluding hydrogens is 152 g/mol. The van der Waals surface area contributed by atoms with E-state index in [1.54, 1.807) is 0 Å². The molecule has 1 aromatic heterocycles. The van der Waals surface area contributed by atoms with Gasteiger partial charge in [-0.25, -0.2) is 4.98 Å². The van der Waals surface area contributed by atoms with Crippen LogP contribution >= 0.6 is 0 Å². The number of epoxide rings is 1. The lowest BCUT2D eigenvalue weighted by Crippen LogP contribution is -2.08. The van der Waals surface area contributed by atoms with Crippen LogP contribution in [0.25, 0.3) is 0 Å². The predicted molar refractivity (Wildman–Crippen MR) is 43.9 cm³/mol. The van der Waals surface area contributed by atoms with Crippen molar-refractivity contribution >= 4 is 0 Å². The van der Waals surface area contributed by atoms with E-state index in [0.29, 0.717) is 6.10 Å². The van der Waals surface area contributed by atoms with E-state index < -0.39 is 0 Å². The molecule has 2 aliphatic rings. The van der Waals surface area contributed by atoms with Crippen molar-refractivity contribution in [3.8, 4) is 0 Å². The smallest absolute Gasteiger partial charge is 0.124 e. The highest BCUT2D eigenvalue weighted by atomic mass is 16.6. The monoisotopic (exact) mass is 164 g/mol. The molecule has 0 N–H and O–H groups in total. The molecule has 12 heavy (non-hydrogen) atoms. The van der Waals surface area contributed by atoms with Gasteiger partial charge in [-0.3, -0.25) is 0 Å². The van der Waals surface area contributed by atoms with Crippen molar-refractivity contribution in [3.05, 3.63) is 17.7 Å². The Kier molecular flexibility index (Phi) is 1.29. The summed E-state index contributed by atoms with van der Waals surface area (Å²) in [7, 11) is 0. The third-order valence-electron chi connectivity index (χ3n) is 2.59. The molecule has 3 heteroatoms. The van der Waals surface area contributed by atoms with Gasteiger partial charge in [0.15, 0.2) is 0 Å². The minimum atomic E-state index is 0.322. The van der Waals surface area contributed by atoms with E-state index in [-0.39, 0.29) is 0 Å². The molecule has 2 aliphatic heterocycles. The highest BCUT2D eigenvalue weighted by molar-refractivity contribution is 5.11. The van der Waals surface area contributed by atoms with Crippen LogP contribution in [0.4, 0.5) is 0 Å². The summed E-state index contributed by atoms with van der Waals surface area (Å²) in [5, 5.41) is 0. The highest BCUT2D eigenvalue weighted by Gasteiger charge is 2.28. The second-order valence-corrected chi connectivity index (χ2v) is 3.55. The first-order valence-corrected chi connectivity index (χ1v) is 4.61. The molecular formula is C9H12N2O. The zero-order chi connectivity index (χ0) is 7.97. The van der Waals surface area contributed by atoms with Crippen molar-refractivity contribution < 1.29 is 4.74 Å². The van der Waals surface area contributed by atoms with Gasteiger partial charge < -0.3 is 9.30 Å². The average molecular weight is 164 g/mol. The van der Waals surface area contributed by atoms with Gasteiger partial charge >= 0.3 is 0 Å². The molecule has 0 spiro atoms. The van der Waals surface area contributed by atoms with Gasteiger partial charge in [0.25, 0.3) is 0 Å². The lowest BCUT2D eigenvalue weighted by atomic mass is 10.2. The number of ether oxygens (including phenoxy) is 1. The fourth-order valence-electron chi connectivity index (χ4n) is 1.81. The summed E-state index contributed by atoms with van der Waals surface area (Å²) in [6, 6.07) is 0. The van der Waals surface area contributed by atoms with Gasteiger partial charge in [-0.1, -0.05) is 0 Å². The lowest BCUT2D eigenvalue weighted by molar-refractivity contribution is 0.411. The number of hydrogen-bond donors (Lipinski definition) is 0. The highest BCUT2D eigenvalue weighted by Crippen LogP contribution is 2.29. The van der Waals surface area contributed by atoms with Crippen molar-refractivity contribution in [2.24, 2.45) is 0 Å². The van der Waals surface area contributed by atoms with E-state index >= 15 is 0 Å². The summed E-state index contributed by atoms with van der Waals surface area (Å²) in [6.07, 6.45) is 6.22. The topological polar surface area (TPSA) is 30.4 Å². The number of fused-ring (bicyclic) bond motifs is 1. The van der Waals surface area contributed by atoms with E-state index in [1.165, 1.54) is 18.7 Å². The van der Waals surface area contributed by atoms with Gasteiger partial charge in [0.2, 0.25) is 0 Å². The Bertz CT molecular complexity index is 278. The molecule has 3 rings (SSSR count). The molecule has 1 fully saturated rings. The van der Waals surface area contributed by atoms with Gasteiger partial charge in [0.1, 0.15) is 11.9 Å². The summed E-state index contributed by atoms with van der Waals surface area (Å²) in [4.78, 5) is 4.55. The van der Waals surface area contributed by atoms with Gasteiger partial charge in [-0.15, -0.1) is 0 Å². The Labute approximate surface area is 71.4 Å². The van der Waals surface area contributed by atoms with Crippen LogP contribution in [0.3, 0.4) is 0 Å². The summed E-state index contributed by atoms with van der Waals surface area (Å²) in [6.45, 7) is 2.02. The standard InChI is InChI=1S/C9H12N2O/c1-2-4-11-5-7(8-6-12-8)10-9(11)3-1/h5,8H,1-4,6H2. The predicted octanol–water partition coefficient (Wildman–Crippen LogP) is 1.29. The number of imidazole rings is 1. The number of rotatable bonds is 1. The first-order valence-electron chi connectivity index (χ1n) is 4.61. The van der Waals surface area contributed by atoms with Gasteiger partial charge in [0, 0.05) is 19.2 Å². The third-order valence-corrected chi connectivity index (χ3v) is 2.59. The van der Waals surface area contributed by atoms with Crippen LogP contribution in [-0.2, 0) is 17.7 Å². The van der Waals surface area contributed by atoms with E-state index in [4.69, 9.17) is 4.74 Å². The maximum absolute atomic E-state index is 5.20. The molecule has 1 unspecified atom stereocenters. The Balaban J connectivity index is 1.97. The van der Waals surface area contributed by atoms with E-state index in [0.717, 1.165) is 25.3 Å². The number of nitrogens with zero attached hydrogens (tertiary/aromatic N) is 2. The minimum Gasteiger partial charge on any atom is -0.366 e. The Morgan fingerprint density at radius 2 is 2.42 bits per heavy atom. The Hall–Kier alpha value is -0.830. The molecule has 0 bridgehead atoms. The first kappa shape index (κ1) is 6.66. The number of aromatic nitrogens is 2. The van der Waals surface area contributed by atoms with E-state index in [2.05, 4.69) is 15.7 Å². The Morgan fingerprint density at radius 1 is 1.50 bits per heavy atom. The molecule has 1 atom stereocenters.